The third-order valence-corrected chi connectivity index (χ3v) is 6.43. The third-order valence-electron chi connectivity index (χ3n) is 4.92. The summed E-state index contributed by atoms with van der Waals surface area (Å²) in [5.41, 5.74) is 1.40. The molecule has 0 spiro atoms. The molecule has 0 saturated heterocycles. The van der Waals surface area contributed by atoms with Crippen molar-refractivity contribution in [2.45, 2.75) is 49.6 Å². The predicted octanol–water partition coefficient (Wildman–Crippen LogP) is 3.45. The number of methoxy groups -OCH3 is 1. The largest absolute Gasteiger partial charge is 0.497 e. The van der Waals surface area contributed by atoms with Crippen molar-refractivity contribution < 1.29 is 22.7 Å². The Balaban J connectivity index is 1.71. The van der Waals surface area contributed by atoms with Gasteiger partial charge in [0.1, 0.15) is 11.9 Å². The molecule has 1 aliphatic rings. The molecule has 150 valence electrons. The smallest absolute Gasteiger partial charge is 0.338 e. The van der Waals surface area contributed by atoms with Crippen LogP contribution in [0, 0.1) is 6.92 Å². The molecule has 2 aromatic carbocycles. The van der Waals surface area contributed by atoms with E-state index in [1.54, 1.807) is 55.6 Å². The van der Waals surface area contributed by atoms with Crippen molar-refractivity contribution in [1.29, 1.82) is 0 Å². The minimum atomic E-state index is -3.68. The maximum atomic E-state index is 12.7. The van der Waals surface area contributed by atoms with Crippen LogP contribution in [0.3, 0.4) is 0 Å². The highest BCUT2D eigenvalue weighted by molar-refractivity contribution is 7.89. The zero-order valence-electron chi connectivity index (χ0n) is 16.1. The first-order valence-corrected chi connectivity index (χ1v) is 10.8. The molecule has 1 aliphatic carbocycles. The lowest BCUT2D eigenvalue weighted by molar-refractivity contribution is 0.0130. The maximum Gasteiger partial charge on any atom is 0.338 e. The molecule has 2 atom stereocenters. The van der Waals surface area contributed by atoms with Crippen molar-refractivity contribution in [1.82, 2.24) is 4.72 Å². The van der Waals surface area contributed by atoms with Gasteiger partial charge in [0.25, 0.3) is 0 Å². The average molecular weight is 404 g/mol. The van der Waals surface area contributed by atoms with Crippen LogP contribution < -0.4 is 9.46 Å². The molecule has 0 bridgehead atoms. The second-order valence-electron chi connectivity index (χ2n) is 7.00. The zero-order valence-corrected chi connectivity index (χ0v) is 16.9. The van der Waals surface area contributed by atoms with Crippen LogP contribution in [-0.2, 0) is 14.8 Å². The normalized spacial score (nSPS) is 19.8. The fourth-order valence-electron chi connectivity index (χ4n) is 3.29. The summed E-state index contributed by atoms with van der Waals surface area (Å²) < 4.78 is 38.9. The molecular formula is C21H25NO5S. The molecular weight excluding hydrogens is 378 g/mol. The highest BCUT2D eigenvalue weighted by atomic mass is 32.2. The number of hydrogen-bond donors (Lipinski definition) is 1. The Morgan fingerprint density at radius 3 is 2.29 bits per heavy atom. The molecule has 0 aromatic heterocycles. The quantitative estimate of drug-likeness (QED) is 0.747. The van der Waals surface area contributed by atoms with Gasteiger partial charge < -0.3 is 9.47 Å². The molecule has 0 heterocycles. The van der Waals surface area contributed by atoms with E-state index in [9.17, 15) is 13.2 Å². The van der Waals surface area contributed by atoms with Crippen molar-refractivity contribution in [2.24, 2.45) is 0 Å². The Labute approximate surface area is 165 Å². The van der Waals surface area contributed by atoms with Crippen LogP contribution in [0.5, 0.6) is 5.75 Å². The Morgan fingerprint density at radius 2 is 1.64 bits per heavy atom. The van der Waals surface area contributed by atoms with E-state index in [1.807, 2.05) is 6.92 Å². The molecule has 0 aliphatic heterocycles. The lowest BCUT2D eigenvalue weighted by Gasteiger charge is -2.31. The summed E-state index contributed by atoms with van der Waals surface area (Å²) in [6.45, 7) is 1.90. The number of carbonyl (C=O) groups excluding carboxylic acids is 1. The van der Waals surface area contributed by atoms with Crippen LogP contribution in [0.4, 0.5) is 0 Å². The predicted molar refractivity (Wildman–Crippen MR) is 106 cm³/mol. The topological polar surface area (TPSA) is 81.7 Å². The third kappa shape index (κ3) is 4.91. The van der Waals surface area contributed by atoms with Crippen LogP contribution >= 0.6 is 0 Å². The summed E-state index contributed by atoms with van der Waals surface area (Å²) in [6, 6.07) is 12.9. The van der Waals surface area contributed by atoms with Crippen LogP contribution in [0.1, 0.15) is 41.6 Å². The number of hydrogen-bond acceptors (Lipinski definition) is 5. The molecule has 0 radical (unpaired) electrons. The minimum Gasteiger partial charge on any atom is -0.497 e. The fraction of sp³-hybridized carbons (Fsp3) is 0.381. The molecule has 2 aromatic rings. The van der Waals surface area contributed by atoms with Crippen molar-refractivity contribution in [3.63, 3.8) is 0 Å². The highest BCUT2D eigenvalue weighted by Crippen LogP contribution is 2.25. The van der Waals surface area contributed by atoms with Crippen LogP contribution in [0.2, 0.25) is 0 Å². The molecule has 6 nitrogen and oxygen atoms in total. The van der Waals surface area contributed by atoms with Gasteiger partial charge in [-0.3, -0.25) is 0 Å². The summed E-state index contributed by atoms with van der Waals surface area (Å²) >= 11 is 0. The lowest BCUT2D eigenvalue weighted by atomic mass is 9.93. The first-order valence-electron chi connectivity index (χ1n) is 9.33. The van der Waals surface area contributed by atoms with Crippen LogP contribution in [0.15, 0.2) is 53.4 Å². The summed E-state index contributed by atoms with van der Waals surface area (Å²) in [6.07, 6.45) is 2.54. The van der Waals surface area contributed by atoms with Crippen molar-refractivity contribution in [3.05, 3.63) is 59.7 Å². The average Bonchev–Trinajstić information content (AvgIpc) is 2.69. The number of carbonyl (C=O) groups is 1. The monoisotopic (exact) mass is 403 g/mol. The number of sulfonamides is 1. The fourth-order valence-corrected chi connectivity index (χ4v) is 4.59. The SMILES string of the molecule is COc1ccc(C(=O)O[C@@H]2CCCC[C@H]2NS(=O)(=O)c2ccc(C)cc2)cc1. The highest BCUT2D eigenvalue weighted by Gasteiger charge is 2.32. The van der Waals surface area contributed by atoms with Gasteiger partial charge in [0.05, 0.1) is 23.6 Å². The van der Waals surface area contributed by atoms with E-state index in [2.05, 4.69) is 4.72 Å². The minimum absolute atomic E-state index is 0.212. The van der Waals surface area contributed by atoms with Gasteiger partial charge in [-0.25, -0.2) is 17.9 Å². The standard InChI is InChI=1S/C21H25NO5S/c1-15-7-13-18(14-8-15)28(24,25)22-19-5-3-4-6-20(19)27-21(23)16-9-11-17(26-2)12-10-16/h7-14,19-20,22H,3-6H2,1-2H3/t19-,20-/m1/s1. The van der Waals surface area contributed by atoms with Gasteiger partial charge in [-0.15, -0.1) is 0 Å². The number of ether oxygens (including phenoxy) is 2. The van der Waals surface area contributed by atoms with Gasteiger partial charge in [0.2, 0.25) is 10.0 Å². The Hall–Kier alpha value is -2.38. The van der Waals surface area contributed by atoms with Crippen molar-refractivity contribution >= 4 is 16.0 Å². The Kier molecular flexibility index (Phi) is 6.36. The maximum absolute atomic E-state index is 12.7. The molecule has 0 unspecified atom stereocenters. The van der Waals surface area contributed by atoms with Crippen molar-refractivity contribution in [2.75, 3.05) is 7.11 Å². The Bertz CT molecular complexity index is 907. The van der Waals surface area contributed by atoms with E-state index in [0.717, 1.165) is 18.4 Å². The molecule has 0 amide bonds. The molecule has 3 rings (SSSR count). The molecule has 28 heavy (non-hydrogen) atoms. The molecule has 1 saturated carbocycles. The number of benzene rings is 2. The van der Waals surface area contributed by atoms with E-state index in [1.165, 1.54) is 0 Å². The molecule has 1 N–H and O–H groups in total. The van der Waals surface area contributed by atoms with Crippen LogP contribution in [-0.4, -0.2) is 33.6 Å². The van der Waals surface area contributed by atoms with Gasteiger partial charge in [0, 0.05) is 0 Å². The van der Waals surface area contributed by atoms with E-state index in [0.29, 0.717) is 24.2 Å². The van der Waals surface area contributed by atoms with E-state index >= 15 is 0 Å². The first-order chi connectivity index (χ1) is 13.4. The van der Waals surface area contributed by atoms with Gasteiger partial charge in [-0.1, -0.05) is 24.1 Å². The summed E-state index contributed by atoms with van der Waals surface area (Å²) in [4.78, 5) is 12.7. The zero-order chi connectivity index (χ0) is 20.1. The van der Waals surface area contributed by atoms with Crippen LogP contribution in [0.25, 0.3) is 0 Å². The summed E-state index contributed by atoms with van der Waals surface area (Å²) in [7, 11) is -2.12. The number of nitrogens with one attached hydrogen (secondary N) is 1. The second kappa shape index (κ2) is 8.75. The van der Waals surface area contributed by atoms with E-state index in [4.69, 9.17) is 9.47 Å². The number of esters is 1. The van der Waals surface area contributed by atoms with E-state index < -0.39 is 28.1 Å². The number of aryl methyl sites for hydroxylation is 1. The second-order valence-corrected chi connectivity index (χ2v) is 8.71. The molecule has 1 fully saturated rings. The van der Waals surface area contributed by atoms with Gasteiger partial charge in [0.15, 0.2) is 0 Å². The van der Waals surface area contributed by atoms with Gasteiger partial charge >= 0.3 is 5.97 Å². The lowest BCUT2D eigenvalue weighted by Crippen LogP contribution is -2.46. The van der Waals surface area contributed by atoms with Gasteiger partial charge in [-0.2, -0.15) is 0 Å². The first kappa shape index (κ1) is 20.4. The number of rotatable bonds is 6. The summed E-state index contributed by atoms with van der Waals surface area (Å²) in [5.74, 6) is 0.187. The summed E-state index contributed by atoms with van der Waals surface area (Å²) in [5, 5.41) is 0. The van der Waals surface area contributed by atoms with E-state index in [-0.39, 0.29) is 4.90 Å². The Morgan fingerprint density at radius 1 is 1.00 bits per heavy atom. The molecule has 7 heteroatoms. The van der Waals surface area contributed by atoms with Gasteiger partial charge in [-0.05, 0) is 62.6 Å². The van der Waals surface area contributed by atoms with Crippen molar-refractivity contribution in [3.8, 4) is 5.75 Å².